The van der Waals surface area contributed by atoms with E-state index in [9.17, 15) is 4.79 Å². The van der Waals surface area contributed by atoms with E-state index in [4.69, 9.17) is 0 Å². The fourth-order valence-electron chi connectivity index (χ4n) is 1.82. The monoisotopic (exact) mass is 386 g/mol. The van der Waals surface area contributed by atoms with Gasteiger partial charge in [-0.05, 0) is 54.6 Å². The van der Waals surface area contributed by atoms with Crippen molar-refractivity contribution < 1.29 is 4.79 Å². The largest absolute Gasteiger partial charge is 0.333 e. The number of halogens is 1. The van der Waals surface area contributed by atoms with Crippen LogP contribution in [-0.4, -0.2) is 22.3 Å². The topological polar surface area (TPSA) is 33.2 Å². The Bertz CT molecular complexity index is 582. The van der Waals surface area contributed by atoms with Crippen LogP contribution in [0.5, 0.6) is 0 Å². The van der Waals surface area contributed by atoms with Gasteiger partial charge in [0.05, 0.1) is 20.7 Å². The molecule has 1 amide bonds. The summed E-state index contributed by atoms with van der Waals surface area (Å²) in [5.41, 5.74) is 2.68. The van der Waals surface area contributed by atoms with Crippen LogP contribution in [0, 0.1) is 9.81 Å². The van der Waals surface area contributed by atoms with Crippen LogP contribution in [-0.2, 0) is 6.54 Å². The molecule has 19 heavy (non-hydrogen) atoms. The van der Waals surface area contributed by atoms with Crippen molar-refractivity contribution in [2.75, 3.05) is 6.54 Å². The minimum atomic E-state index is 0.0740. The van der Waals surface area contributed by atoms with E-state index in [2.05, 4.69) is 27.6 Å². The lowest BCUT2D eigenvalue weighted by Crippen LogP contribution is -2.30. The highest BCUT2D eigenvalue weighted by Gasteiger charge is 2.16. The Kier molecular flexibility index (Phi) is 4.93. The second kappa shape index (κ2) is 6.47. The van der Waals surface area contributed by atoms with E-state index < -0.39 is 0 Å². The SMILES string of the molecule is CCN(Cc1cccc(C)n1)C(=O)c1csc(I)c1. The van der Waals surface area contributed by atoms with Gasteiger partial charge in [-0.25, -0.2) is 0 Å². The summed E-state index contributed by atoms with van der Waals surface area (Å²) in [4.78, 5) is 18.6. The zero-order chi connectivity index (χ0) is 13.8. The molecular weight excluding hydrogens is 371 g/mol. The van der Waals surface area contributed by atoms with E-state index in [0.717, 1.165) is 19.8 Å². The van der Waals surface area contributed by atoms with Crippen molar-refractivity contribution in [1.82, 2.24) is 9.88 Å². The van der Waals surface area contributed by atoms with Crippen LogP contribution >= 0.6 is 33.9 Å². The minimum Gasteiger partial charge on any atom is -0.333 e. The first-order valence-corrected chi connectivity index (χ1v) is 8.02. The number of thiophene rings is 1. The number of nitrogens with zero attached hydrogens (tertiary/aromatic N) is 2. The van der Waals surface area contributed by atoms with Gasteiger partial charge in [-0.3, -0.25) is 9.78 Å². The average Bonchev–Trinajstić information content (AvgIpc) is 2.82. The van der Waals surface area contributed by atoms with Crippen LogP contribution in [0.2, 0.25) is 0 Å². The summed E-state index contributed by atoms with van der Waals surface area (Å²) in [6, 6.07) is 7.83. The van der Waals surface area contributed by atoms with Gasteiger partial charge in [-0.1, -0.05) is 6.07 Å². The summed E-state index contributed by atoms with van der Waals surface area (Å²) in [5, 5.41) is 1.91. The number of hydrogen-bond donors (Lipinski definition) is 0. The van der Waals surface area contributed by atoms with Crippen LogP contribution in [0.4, 0.5) is 0 Å². The van der Waals surface area contributed by atoms with Crippen molar-refractivity contribution in [3.63, 3.8) is 0 Å². The molecule has 0 atom stereocenters. The molecule has 0 unspecified atom stereocenters. The molecular formula is C14H15IN2OS. The third-order valence-electron chi connectivity index (χ3n) is 2.78. The number of aryl methyl sites for hydroxylation is 1. The third-order valence-corrected chi connectivity index (χ3v) is 4.57. The lowest BCUT2D eigenvalue weighted by atomic mass is 10.2. The second-order valence-corrected chi connectivity index (χ2v) is 7.03. The molecule has 0 aliphatic heterocycles. The van der Waals surface area contributed by atoms with Gasteiger partial charge >= 0.3 is 0 Å². The van der Waals surface area contributed by atoms with Gasteiger partial charge in [0, 0.05) is 17.6 Å². The maximum Gasteiger partial charge on any atom is 0.255 e. The zero-order valence-corrected chi connectivity index (χ0v) is 13.9. The van der Waals surface area contributed by atoms with Crippen molar-refractivity contribution in [2.24, 2.45) is 0 Å². The molecule has 0 saturated carbocycles. The molecule has 0 radical (unpaired) electrons. The molecule has 0 bridgehead atoms. The molecule has 2 rings (SSSR count). The van der Waals surface area contributed by atoms with Crippen LogP contribution in [0.25, 0.3) is 0 Å². The molecule has 0 N–H and O–H groups in total. The van der Waals surface area contributed by atoms with Crippen LogP contribution in [0.3, 0.4) is 0 Å². The highest BCUT2D eigenvalue weighted by atomic mass is 127. The molecule has 0 aliphatic rings. The molecule has 2 aromatic heterocycles. The summed E-state index contributed by atoms with van der Waals surface area (Å²) >= 11 is 3.83. The highest BCUT2D eigenvalue weighted by molar-refractivity contribution is 14.1. The van der Waals surface area contributed by atoms with E-state index in [-0.39, 0.29) is 5.91 Å². The number of carbonyl (C=O) groups excluding carboxylic acids is 1. The van der Waals surface area contributed by atoms with Gasteiger partial charge in [-0.15, -0.1) is 11.3 Å². The Morgan fingerprint density at radius 1 is 1.47 bits per heavy atom. The van der Waals surface area contributed by atoms with E-state index in [1.54, 1.807) is 11.3 Å². The predicted molar refractivity (Wildman–Crippen MR) is 86.4 cm³/mol. The fourth-order valence-corrected chi connectivity index (χ4v) is 3.14. The van der Waals surface area contributed by atoms with E-state index in [1.807, 2.05) is 48.4 Å². The fraction of sp³-hybridized carbons (Fsp3) is 0.286. The lowest BCUT2D eigenvalue weighted by Gasteiger charge is -2.20. The second-order valence-electron chi connectivity index (χ2n) is 4.23. The van der Waals surface area contributed by atoms with Crippen molar-refractivity contribution >= 4 is 39.8 Å². The Morgan fingerprint density at radius 2 is 2.26 bits per heavy atom. The van der Waals surface area contributed by atoms with Gasteiger partial charge in [0.25, 0.3) is 5.91 Å². The first kappa shape index (κ1) is 14.5. The van der Waals surface area contributed by atoms with Gasteiger partial charge in [0.15, 0.2) is 0 Å². The number of pyridine rings is 1. The van der Waals surface area contributed by atoms with E-state index in [0.29, 0.717) is 13.1 Å². The van der Waals surface area contributed by atoms with Crippen LogP contribution in [0.15, 0.2) is 29.6 Å². The number of aromatic nitrogens is 1. The first-order valence-electron chi connectivity index (χ1n) is 6.06. The Hall–Kier alpha value is -0.950. The van der Waals surface area contributed by atoms with Gasteiger partial charge in [-0.2, -0.15) is 0 Å². The Morgan fingerprint density at radius 3 is 2.84 bits per heavy atom. The Balaban J connectivity index is 2.14. The third kappa shape index (κ3) is 3.76. The van der Waals surface area contributed by atoms with E-state index >= 15 is 0 Å². The average molecular weight is 386 g/mol. The number of carbonyl (C=O) groups is 1. The van der Waals surface area contributed by atoms with Gasteiger partial charge in [0.1, 0.15) is 0 Å². The Labute approximate surface area is 130 Å². The maximum atomic E-state index is 12.4. The van der Waals surface area contributed by atoms with E-state index in [1.165, 1.54) is 0 Å². The van der Waals surface area contributed by atoms with Crippen LogP contribution in [0.1, 0.15) is 28.7 Å². The number of rotatable bonds is 4. The molecule has 0 spiro atoms. The van der Waals surface area contributed by atoms with Crippen molar-refractivity contribution in [2.45, 2.75) is 20.4 Å². The van der Waals surface area contributed by atoms with Gasteiger partial charge < -0.3 is 4.90 Å². The van der Waals surface area contributed by atoms with Crippen molar-refractivity contribution in [3.05, 3.63) is 49.5 Å². The summed E-state index contributed by atoms with van der Waals surface area (Å²) in [6.45, 7) is 5.19. The summed E-state index contributed by atoms with van der Waals surface area (Å²) in [5.74, 6) is 0.0740. The summed E-state index contributed by atoms with van der Waals surface area (Å²) < 4.78 is 1.13. The summed E-state index contributed by atoms with van der Waals surface area (Å²) in [7, 11) is 0. The molecule has 0 saturated heterocycles. The van der Waals surface area contributed by atoms with Crippen molar-refractivity contribution in [3.8, 4) is 0 Å². The summed E-state index contributed by atoms with van der Waals surface area (Å²) in [6.07, 6.45) is 0. The normalized spacial score (nSPS) is 10.5. The predicted octanol–water partition coefficient (Wildman–Crippen LogP) is 3.72. The number of amides is 1. The van der Waals surface area contributed by atoms with Crippen molar-refractivity contribution in [1.29, 1.82) is 0 Å². The standard InChI is InChI=1S/C14H15IN2OS/c1-3-17(8-12-6-4-5-10(2)16-12)14(18)11-7-13(15)19-9-11/h4-7,9H,3,8H2,1-2H3. The maximum absolute atomic E-state index is 12.4. The quantitative estimate of drug-likeness (QED) is 0.751. The zero-order valence-electron chi connectivity index (χ0n) is 10.9. The lowest BCUT2D eigenvalue weighted by molar-refractivity contribution is 0.0751. The molecule has 3 nitrogen and oxygen atoms in total. The highest BCUT2D eigenvalue weighted by Crippen LogP contribution is 2.18. The molecule has 5 heteroatoms. The van der Waals surface area contributed by atoms with Crippen LogP contribution < -0.4 is 0 Å². The smallest absolute Gasteiger partial charge is 0.255 e. The van der Waals surface area contributed by atoms with Gasteiger partial charge in [0.2, 0.25) is 0 Å². The molecule has 0 aliphatic carbocycles. The minimum absolute atomic E-state index is 0.0740. The molecule has 0 aromatic carbocycles. The molecule has 0 fully saturated rings. The first-order chi connectivity index (χ1) is 9.10. The molecule has 2 aromatic rings. The molecule has 2 heterocycles. The molecule has 100 valence electrons. The number of hydrogen-bond acceptors (Lipinski definition) is 3.